The van der Waals surface area contributed by atoms with Crippen LogP contribution >= 0.6 is 0 Å². The van der Waals surface area contributed by atoms with Gasteiger partial charge in [0.05, 0.1) is 0 Å². The van der Waals surface area contributed by atoms with Crippen LogP contribution in [-0.2, 0) is 14.9 Å². The molecule has 4 aromatic rings. The van der Waals surface area contributed by atoms with Gasteiger partial charge in [0.15, 0.2) is 0 Å². The molecule has 0 aromatic heterocycles. The molecule has 2 aliphatic heterocycles. The van der Waals surface area contributed by atoms with Gasteiger partial charge in [0.1, 0.15) is 5.75 Å². The van der Waals surface area contributed by atoms with Gasteiger partial charge in [-0.05, 0) is 6.07 Å². The van der Waals surface area contributed by atoms with Crippen LogP contribution in [0.4, 0.5) is 0 Å². The molecule has 2 bridgehead atoms. The molecule has 3 atom stereocenters. The topological polar surface area (TPSA) is 93.1 Å². The van der Waals surface area contributed by atoms with E-state index in [0.717, 1.165) is 22.3 Å². The third kappa shape index (κ3) is 4.84. The van der Waals surface area contributed by atoms with E-state index in [-0.39, 0.29) is 38.6 Å². The molecule has 2 aliphatic rings. The molecule has 1 fully saturated rings. The van der Waals surface area contributed by atoms with Crippen molar-refractivity contribution in [2.75, 3.05) is 0 Å². The van der Waals surface area contributed by atoms with Crippen molar-refractivity contribution in [3.63, 3.8) is 0 Å². The molecular weight excluding hydrogens is 567 g/mol. The van der Waals surface area contributed by atoms with Gasteiger partial charge in [0, 0.05) is 0 Å². The summed E-state index contributed by atoms with van der Waals surface area (Å²) in [6.45, 7) is 0. The molecule has 4 aromatic carbocycles. The van der Waals surface area contributed by atoms with Crippen molar-refractivity contribution in [3.05, 3.63) is 114 Å². The number of phenols is 2. The van der Waals surface area contributed by atoms with Crippen LogP contribution in [0, 0.1) is 0 Å². The van der Waals surface area contributed by atoms with E-state index in [9.17, 15) is 18.6 Å². The average Bonchev–Trinajstić information content (AvgIpc) is 3.50. The molecule has 1 saturated heterocycles. The third-order valence-corrected chi connectivity index (χ3v) is 10.5. The van der Waals surface area contributed by atoms with Crippen LogP contribution in [-0.4, -0.2) is 51.0 Å². The Morgan fingerprint density at radius 3 is 2.11 bits per heavy atom. The maximum atomic E-state index is 13.4. The summed E-state index contributed by atoms with van der Waals surface area (Å²) in [7, 11) is -4.07. The van der Waals surface area contributed by atoms with E-state index in [1.165, 1.54) is 33.2 Å². The van der Waals surface area contributed by atoms with Crippen molar-refractivity contribution in [2.45, 2.75) is 23.9 Å². The molecule has 8 heteroatoms. The molecule has 2 N–H and O–H groups in total. The number of ether oxygens (including phenoxy) is 1. The number of rotatable bonds is 7. The van der Waals surface area contributed by atoms with E-state index in [2.05, 4.69) is 36.4 Å². The molecular formula is C30H24O6SSe. The third-order valence-electron chi connectivity index (χ3n) is 6.71. The van der Waals surface area contributed by atoms with E-state index in [1.807, 2.05) is 18.2 Å². The molecule has 192 valence electrons. The van der Waals surface area contributed by atoms with Gasteiger partial charge in [0.2, 0.25) is 0 Å². The van der Waals surface area contributed by atoms with Gasteiger partial charge in [-0.1, -0.05) is 6.07 Å². The first-order valence-corrected chi connectivity index (χ1v) is 15.3. The maximum absolute atomic E-state index is 13.4. The summed E-state index contributed by atoms with van der Waals surface area (Å²) in [5.41, 5.74) is 3.52. The van der Waals surface area contributed by atoms with Gasteiger partial charge in [-0.3, -0.25) is 0 Å². The fourth-order valence-corrected chi connectivity index (χ4v) is 8.22. The second-order valence-corrected chi connectivity index (χ2v) is 13.4. The molecule has 0 spiro atoms. The van der Waals surface area contributed by atoms with Crippen molar-refractivity contribution >= 4 is 45.1 Å². The van der Waals surface area contributed by atoms with E-state index in [1.54, 1.807) is 24.3 Å². The molecule has 6 rings (SSSR count). The minimum absolute atomic E-state index is 0.0547. The normalized spacial score (nSPS) is 20.6. The second-order valence-electron chi connectivity index (χ2n) is 9.21. The van der Waals surface area contributed by atoms with Crippen molar-refractivity contribution in [2.24, 2.45) is 0 Å². The van der Waals surface area contributed by atoms with Crippen LogP contribution in [0.1, 0.15) is 17.5 Å². The van der Waals surface area contributed by atoms with E-state index < -0.39 is 27.6 Å². The Labute approximate surface area is 227 Å². The summed E-state index contributed by atoms with van der Waals surface area (Å²) in [5, 5.41) is 18.7. The molecule has 2 heterocycles. The Hall–Kier alpha value is -3.55. The van der Waals surface area contributed by atoms with Crippen LogP contribution in [0.15, 0.2) is 103 Å². The first-order chi connectivity index (χ1) is 18.4. The summed E-state index contributed by atoms with van der Waals surface area (Å²) < 4.78 is 40.9. The van der Waals surface area contributed by atoms with Crippen molar-refractivity contribution in [1.29, 1.82) is 0 Å². The molecule has 38 heavy (non-hydrogen) atoms. The monoisotopic (exact) mass is 592 g/mol. The summed E-state index contributed by atoms with van der Waals surface area (Å²) >= 11 is 0.182. The Morgan fingerprint density at radius 2 is 1.39 bits per heavy atom. The van der Waals surface area contributed by atoms with Gasteiger partial charge in [-0.15, -0.1) is 0 Å². The van der Waals surface area contributed by atoms with Crippen molar-refractivity contribution in [1.82, 2.24) is 0 Å². The number of benzene rings is 4. The molecule has 0 amide bonds. The Bertz CT molecular complexity index is 1600. The second kappa shape index (κ2) is 9.97. The van der Waals surface area contributed by atoms with Crippen LogP contribution < -0.4 is 13.1 Å². The minimum atomic E-state index is -4.07. The van der Waals surface area contributed by atoms with E-state index >= 15 is 0 Å². The van der Waals surface area contributed by atoms with Crippen LogP contribution in [0.25, 0.3) is 11.1 Å². The first kappa shape index (κ1) is 24.8. The Balaban J connectivity index is 1.35. The average molecular weight is 592 g/mol. The van der Waals surface area contributed by atoms with Crippen molar-refractivity contribution in [3.8, 4) is 17.2 Å². The Morgan fingerprint density at radius 1 is 0.737 bits per heavy atom. The van der Waals surface area contributed by atoms with Crippen molar-refractivity contribution < 1.29 is 27.6 Å². The van der Waals surface area contributed by atoms with Gasteiger partial charge in [-0.25, -0.2) is 0 Å². The SMILES string of the molecule is O=S(=O)(Oc1cccc(O)c1)C1CC2OC1C(c1ccc(O)cc1)=C2c1ccc([Se]c2ccccc2)cc1. The molecule has 0 radical (unpaired) electrons. The summed E-state index contributed by atoms with van der Waals surface area (Å²) in [6.07, 6.45) is -0.879. The summed E-state index contributed by atoms with van der Waals surface area (Å²) in [5.74, 6) is 0.105. The molecule has 6 nitrogen and oxygen atoms in total. The van der Waals surface area contributed by atoms with Crippen LogP contribution in [0.2, 0.25) is 0 Å². The standard InChI is InChI=1S/C30H24O6SSe/c31-21-13-9-20(10-14-21)29-28(19-11-15-25(16-12-19)38-24-7-2-1-3-8-24)26-18-27(30(29)35-26)37(33,34)36-23-6-4-5-22(32)17-23/h1-17,26-27,30-32H,18H2. The Kier molecular flexibility index (Phi) is 6.50. The van der Waals surface area contributed by atoms with Crippen LogP contribution in [0.5, 0.6) is 17.2 Å². The van der Waals surface area contributed by atoms with Gasteiger partial charge in [-0.2, -0.15) is 0 Å². The number of fused-ring (bicyclic) bond motifs is 2. The zero-order chi connectivity index (χ0) is 26.3. The fraction of sp³-hybridized carbons (Fsp3) is 0.133. The number of hydrogen-bond donors (Lipinski definition) is 2. The molecule has 3 unspecified atom stereocenters. The predicted octanol–water partition coefficient (Wildman–Crippen LogP) is 3.61. The predicted molar refractivity (Wildman–Crippen MR) is 148 cm³/mol. The quantitative estimate of drug-likeness (QED) is 0.252. The zero-order valence-corrected chi connectivity index (χ0v) is 22.6. The summed E-state index contributed by atoms with van der Waals surface area (Å²) in [6, 6.07) is 31.2. The number of hydrogen-bond acceptors (Lipinski definition) is 6. The summed E-state index contributed by atoms with van der Waals surface area (Å²) in [4.78, 5) is 0. The van der Waals surface area contributed by atoms with E-state index in [4.69, 9.17) is 8.92 Å². The number of aromatic hydroxyl groups is 2. The first-order valence-electron chi connectivity index (χ1n) is 12.1. The van der Waals surface area contributed by atoms with E-state index in [0.29, 0.717) is 0 Å². The fourth-order valence-electron chi connectivity index (χ4n) is 5.05. The van der Waals surface area contributed by atoms with Gasteiger partial charge < -0.3 is 5.11 Å². The molecule has 0 aliphatic carbocycles. The van der Waals surface area contributed by atoms with Crippen LogP contribution in [0.3, 0.4) is 0 Å². The van der Waals surface area contributed by atoms with Gasteiger partial charge in [0.25, 0.3) is 0 Å². The molecule has 0 saturated carbocycles. The zero-order valence-electron chi connectivity index (χ0n) is 20.1. The number of phenolic OH excluding ortho intramolecular Hbond substituents is 2. The van der Waals surface area contributed by atoms with Gasteiger partial charge >= 0.3 is 205 Å².